The molecular formula is C16H13N5O2S. The molecule has 0 aliphatic carbocycles. The van der Waals surface area contributed by atoms with E-state index in [1.807, 2.05) is 24.4 Å². The number of hydrogen-bond donors (Lipinski definition) is 1. The van der Waals surface area contributed by atoms with Gasteiger partial charge in [-0.25, -0.2) is 0 Å². The van der Waals surface area contributed by atoms with Gasteiger partial charge in [0, 0.05) is 24.5 Å². The summed E-state index contributed by atoms with van der Waals surface area (Å²) in [4.78, 5) is 12.4. The Morgan fingerprint density at radius 2 is 2.17 bits per heavy atom. The van der Waals surface area contributed by atoms with Crippen LogP contribution in [0.1, 0.15) is 22.2 Å². The number of benzene rings is 1. The van der Waals surface area contributed by atoms with E-state index in [2.05, 4.69) is 19.2 Å². The van der Waals surface area contributed by atoms with Crippen LogP contribution in [0.5, 0.6) is 0 Å². The lowest BCUT2D eigenvalue weighted by molar-refractivity contribution is 0.0948. The summed E-state index contributed by atoms with van der Waals surface area (Å²) in [6.45, 7) is 0.362. The van der Waals surface area contributed by atoms with Crippen molar-refractivity contribution in [3.05, 3.63) is 66.4 Å². The molecule has 0 aliphatic rings. The van der Waals surface area contributed by atoms with Crippen molar-refractivity contribution in [2.75, 3.05) is 6.54 Å². The van der Waals surface area contributed by atoms with Crippen LogP contribution in [0.4, 0.5) is 0 Å². The maximum absolute atomic E-state index is 12.4. The molecule has 1 N–H and O–H groups in total. The number of carbonyl (C=O) groups excluding carboxylic acids is 1. The maximum atomic E-state index is 12.4. The van der Waals surface area contributed by atoms with E-state index in [0.29, 0.717) is 12.1 Å². The molecule has 120 valence electrons. The number of aromatic nitrogens is 4. The summed E-state index contributed by atoms with van der Waals surface area (Å²) in [5.41, 5.74) is 2.07. The fourth-order valence-corrected chi connectivity index (χ4v) is 3.00. The molecule has 3 aromatic heterocycles. The lowest BCUT2D eigenvalue weighted by Crippen LogP contribution is -2.31. The minimum Gasteiger partial charge on any atom is -0.467 e. The van der Waals surface area contributed by atoms with Gasteiger partial charge >= 0.3 is 0 Å². The van der Waals surface area contributed by atoms with Crippen molar-refractivity contribution in [2.24, 2.45) is 0 Å². The van der Waals surface area contributed by atoms with Gasteiger partial charge in [-0.2, -0.15) is 13.8 Å². The molecule has 0 saturated carbocycles. The van der Waals surface area contributed by atoms with Crippen LogP contribution in [0.3, 0.4) is 0 Å². The van der Waals surface area contributed by atoms with E-state index in [9.17, 15) is 4.79 Å². The van der Waals surface area contributed by atoms with E-state index in [-0.39, 0.29) is 11.9 Å². The van der Waals surface area contributed by atoms with Gasteiger partial charge in [-0.3, -0.25) is 9.48 Å². The molecule has 1 aromatic carbocycles. The van der Waals surface area contributed by atoms with Gasteiger partial charge in [-0.15, -0.1) is 0 Å². The zero-order chi connectivity index (χ0) is 16.4. The minimum absolute atomic E-state index is 0.173. The molecule has 1 amide bonds. The molecular weight excluding hydrogens is 326 g/mol. The van der Waals surface area contributed by atoms with E-state index < -0.39 is 0 Å². The molecule has 4 aromatic rings. The van der Waals surface area contributed by atoms with Crippen LogP contribution in [0, 0.1) is 0 Å². The van der Waals surface area contributed by atoms with Crippen molar-refractivity contribution in [1.82, 2.24) is 23.8 Å². The molecule has 1 atom stereocenters. The molecule has 4 rings (SSSR count). The summed E-state index contributed by atoms with van der Waals surface area (Å²) in [5.74, 6) is 0.562. The lowest BCUT2D eigenvalue weighted by atomic mass is 10.1. The molecule has 0 fully saturated rings. The smallest absolute Gasteiger partial charge is 0.251 e. The number of furan rings is 1. The van der Waals surface area contributed by atoms with Gasteiger partial charge in [0.15, 0.2) is 0 Å². The predicted molar refractivity (Wildman–Crippen MR) is 88.8 cm³/mol. The highest BCUT2D eigenvalue weighted by atomic mass is 32.1. The van der Waals surface area contributed by atoms with Crippen LogP contribution < -0.4 is 5.32 Å². The number of nitrogens with one attached hydrogen (secondary N) is 1. The number of nitrogens with zero attached hydrogens (tertiary/aromatic N) is 4. The second-order valence-electron chi connectivity index (χ2n) is 5.20. The first-order chi connectivity index (χ1) is 11.8. The summed E-state index contributed by atoms with van der Waals surface area (Å²) in [7, 11) is 0. The van der Waals surface area contributed by atoms with Gasteiger partial charge in [0.2, 0.25) is 0 Å². The molecule has 0 saturated heterocycles. The van der Waals surface area contributed by atoms with Crippen molar-refractivity contribution in [1.29, 1.82) is 0 Å². The van der Waals surface area contributed by atoms with E-state index in [1.165, 1.54) is 0 Å². The third-order valence-electron chi connectivity index (χ3n) is 3.69. The van der Waals surface area contributed by atoms with Crippen molar-refractivity contribution in [3.63, 3.8) is 0 Å². The number of fused-ring (bicyclic) bond motifs is 1. The van der Waals surface area contributed by atoms with Crippen LogP contribution in [0.25, 0.3) is 11.0 Å². The van der Waals surface area contributed by atoms with Crippen LogP contribution in [0.2, 0.25) is 0 Å². The maximum Gasteiger partial charge on any atom is 0.251 e. The number of amides is 1. The Hall–Kier alpha value is -3.00. The van der Waals surface area contributed by atoms with Gasteiger partial charge in [-0.05, 0) is 36.4 Å². The zero-order valence-corrected chi connectivity index (χ0v) is 13.3. The second kappa shape index (κ2) is 6.25. The van der Waals surface area contributed by atoms with Crippen LogP contribution in [-0.4, -0.2) is 31.0 Å². The van der Waals surface area contributed by atoms with Gasteiger partial charge in [0.25, 0.3) is 5.91 Å². The Morgan fingerprint density at radius 1 is 1.25 bits per heavy atom. The second-order valence-corrected chi connectivity index (χ2v) is 5.72. The summed E-state index contributed by atoms with van der Waals surface area (Å²) in [6, 6.07) is 10.6. The van der Waals surface area contributed by atoms with Crippen molar-refractivity contribution < 1.29 is 9.21 Å². The average molecular weight is 339 g/mol. The van der Waals surface area contributed by atoms with Gasteiger partial charge in [-0.1, -0.05) is 0 Å². The number of hydrogen-bond acceptors (Lipinski definition) is 6. The molecule has 0 radical (unpaired) electrons. The molecule has 0 unspecified atom stereocenters. The third kappa shape index (κ3) is 2.79. The highest BCUT2D eigenvalue weighted by Gasteiger charge is 2.18. The number of rotatable bonds is 5. The SMILES string of the molecule is O=C(NC[C@H](c1ccco1)n1cccn1)c1ccc2nsnc2c1. The fraction of sp³-hybridized carbons (Fsp3) is 0.125. The van der Waals surface area contributed by atoms with Gasteiger partial charge < -0.3 is 9.73 Å². The standard InChI is InChI=1S/C16H13N5O2S/c22-16(11-4-5-12-13(9-11)20-24-19-12)17-10-14(15-3-1-8-23-15)21-7-2-6-18-21/h1-9,14H,10H2,(H,17,22)/t14-/m1/s1. The largest absolute Gasteiger partial charge is 0.467 e. The average Bonchev–Trinajstić information content (AvgIpc) is 3.36. The minimum atomic E-state index is -0.205. The van der Waals surface area contributed by atoms with E-state index in [0.717, 1.165) is 28.5 Å². The number of carbonyl (C=O) groups is 1. The summed E-state index contributed by atoms with van der Waals surface area (Å²) in [6.07, 6.45) is 5.14. The third-order valence-corrected chi connectivity index (χ3v) is 4.24. The Labute approximate surface area is 141 Å². The Kier molecular flexibility index (Phi) is 3.80. The fourth-order valence-electron chi connectivity index (χ4n) is 2.49. The van der Waals surface area contributed by atoms with Crippen molar-refractivity contribution >= 4 is 28.7 Å². The van der Waals surface area contributed by atoms with E-state index >= 15 is 0 Å². The van der Waals surface area contributed by atoms with Crippen molar-refractivity contribution in [3.8, 4) is 0 Å². The molecule has 24 heavy (non-hydrogen) atoms. The van der Waals surface area contributed by atoms with Crippen LogP contribution >= 0.6 is 11.7 Å². The quantitative estimate of drug-likeness (QED) is 0.604. The first-order valence-electron chi connectivity index (χ1n) is 7.34. The normalized spacial score (nSPS) is 12.3. The topological polar surface area (TPSA) is 85.8 Å². The van der Waals surface area contributed by atoms with E-state index in [4.69, 9.17) is 4.42 Å². The van der Waals surface area contributed by atoms with Crippen LogP contribution in [0.15, 0.2) is 59.5 Å². The highest BCUT2D eigenvalue weighted by Crippen LogP contribution is 2.18. The molecule has 3 heterocycles. The molecule has 8 heteroatoms. The molecule has 0 bridgehead atoms. The predicted octanol–water partition coefficient (Wildman–Crippen LogP) is 2.50. The van der Waals surface area contributed by atoms with Crippen molar-refractivity contribution in [2.45, 2.75) is 6.04 Å². The highest BCUT2D eigenvalue weighted by molar-refractivity contribution is 7.00. The van der Waals surface area contributed by atoms with E-state index in [1.54, 1.807) is 35.3 Å². The molecule has 7 nitrogen and oxygen atoms in total. The molecule has 0 aliphatic heterocycles. The Bertz CT molecular complexity index is 912. The van der Waals surface area contributed by atoms with Crippen LogP contribution in [-0.2, 0) is 0 Å². The first kappa shape index (κ1) is 14.6. The van der Waals surface area contributed by atoms with Gasteiger partial charge in [0.05, 0.1) is 18.0 Å². The lowest BCUT2D eigenvalue weighted by Gasteiger charge is -2.16. The Morgan fingerprint density at radius 3 is 2.96 bits per heavy atom. The monoisotopic (exact) mass is 339 g/mol. The summed E-state index contributed by atoms with van der Waals surface area (Å²) >= 11 is 1.13. The zero-order valence-electron chi connectivity index (χ0n) is 12.5. The first-order valence-corrected chi connectivity index (χ1v) is 8.07. The molecule has 0 spiro atoms. The van der Waals surface area contributed by atoms with Gasteiger partial charge in [0.1, 0.15) is 22.8 Å². The summed E-state index contributed by atoms with van der Waals surface area (Å²) in [5, 5.41) is 7.17. The Balaban J connectivity index is 1.52. The summed E-state index contributed by atoms with van der Waals surface area (Å²) < 4.78 is 15.5.